The van der Waals surface area contributed by atoms with Gasteiger partial charge in [-0.1, -0.05) is 12.1 Å². The number of aromatic nitrogens is 2. The van der Waals surface area contributed by atoms with Crippen LogP contribution in [0.4, 0.5) is 0 Å². The first-order valence-electron chi connectivity index (χ1n) is 9.71. The van der Waals surface area contributed by atoms with Gasteiger partial charge in [0.05, 0.1) is 11.4 Å². The summed E-state index contributed by atoms with van der Waals surface area (Å²) in [6.07, 6.45) is -2.32. The molecule has 0 amide bonds. The predicted molar refractivity (Wildman–Crippen MR) is 121 cm³/mol. The molecule has 12 heteroatoms. The number of esters is 4. The Morgan fingerprint density at radius 3 is 2.12 bits per heavy atom. The van der Waals surface area contributed by atoms with Crippen molar-refractivity contribution in [3.8, 4) is 5.69 Å². The summed E-state index contributed by atoms with van der Waals surface area (Å²) in [6.45, 7) is 4.19. The normalized spacial score (nSPS) is 13.4. The first-order chi connectivity index (χ1) is 15.5. The van der Waals surface area contributed by atoms with E-state index in [-0.39, 0.29) is 10.5 Å². The average molecular weight is 543 g/mol. The van der Waals surface area contributed by atoms with E-state index in [0.29, 0.717) is 5.69 Å². The number of halogens is 1. The largest absolute Gasteiger partial charge is 0.462 e. The minimum atomic E-state index is -1.35. The molecular weight excluding hydrogens is 520 g/mol. The van der Waals surface area contributed by atoms with E-state index in [1.807, 2.05) is 24.3 Å². The molecule has 178 valence electrons. The number of para-hydroxylation sites is 1. The van der Waals surface area contributed by atoms with Gasteiger partial charge in [0.2, 0.25) is 0 Å². The molecule has 0 fully saturated rings. The number of nitrogens with zero attached hydrogens (tertiary/aromatic N) is 1. The SMILES string of the molecule is CC(=O)OC[C@@H](OC(C)=O)[C@@H](OC(C)=O)[C@H](OC(C)=O)c1cn(-c2ccccc2Br)c(=S)[nH]1. The van der Waals surface area contributed by atoms with Crippen LogP contribution in [0.5, 0.6) is 0 Å². The Labute approximate surface area is 203 Å². The predicted octanol–water partition coefficient (Wildman–Crippen LogP) is 3.33. The third-order valence-electron chi connectivity index (χ3n) is 4.18. The van der Waals surface area contributed by atoms with E-state index in [0.717, 1.165) is 18.3 Å². The topological polar surface area (TPSA) is 126 Å². The Bertz CT molecular complexity index is 1100. The van der Waals surface area contributed by atoms with Crippen molar-refractivity contribution in [2.45, 2.75) is 46.0 Å². The maximum Gasteiger partial charge on any atom is 0.303 e. The summed E-state index contributed by atoms with van der Waals surface area (Å²) < 4.78 is 23.7. The highest BCUT2D eigenvalue weighted by atomic mass is 79.9. The zero-order valence-electron chi connectivity index (χ0n) is 18.3. The molecule has 3 atom stereocenters. The Balaban J connectivity index is 2.58. The second-order valence-corrected chi connectivity index (χ2v) is 8.13. The quantitative estimate of drug-likeness (QED) is 0.288. The molecular formula is C21H23BrN2O8S. The highest BCUT2D eigenvalue weighted by molar-refractivity contribution is 9.10. The lowest BCUT2D eigenvalue weighted by Gasteiger charge is -2.31. The molecule has 0 spiro atoms. The molecule has 2 rings (SSSR count). The molecule has 1 heterocycles. The second-order valence-electron chi connectivity index (χ2n) is 6.89. The van der Waals surface area contributed by atoms with Crippen molar-refractivity contribution in [1.29, 1.82) is 0 Å². The van der Waals surface area contributed by atoms with Crippen molar-refractivity contribution in [1.82, 2.24) is 9.55 Å². The van der Waals surface area contributed by atoms with E-state index < -0.39 is 48.8 Å². The van der Waals surface area contributed by atoms with E-state index in [9.17, 15) is 19.2 Å². The van der Waals surface area contributed by atoms with Crippen LogP contribution >= 0.6 is 28.1 Å². The molecule has 1 aromatic heterocycles. The highest BCUT2D eigenvalue weighted by Gasteiger charge is 2.40. The summed E-state index contributed by atoms with van der Waals surface area (Å²) >= 11 is 8.88. The number of aromatic amines is 1. The van der Waals surface area contributed by atoms with Gasteiger partial charge >= 0.3 is 23.9 Å². The van der Waals surface area contributed by atoms with Crippen LogP contribution in [0, 0.1) is 4.77 Å². The Kier molecular flexibility index (Phi) is 9.35. The molecule has 10 nitrogen and oxygen atoms in total. The van der Waals surface area contributed by atoms with Gasteiger partial charge in [0.15, 0.2) is 23.1 Å². The Morgan fingerprint density at radius 2 is 1.58 bits per heavy atom. The van der Waals surface area contributed by atoms with Crippen molar-refractivity contribution in [3.05, 3.63) is 45.4 Å². The average Bonchev–Trinajstić information content (AvgIpc) is 3.08. The molecule has 0 saturated carbocycles. The summed E-state index contributed by atoms with van der Waals surface area (Å²) in [6, 6.07) is 7.28. The zero-order chi connectivity index (χ0) is 24.7. The molecule has 0 radical (unpaired) electrons. The van der Waals surface area contributed by atoms with E-state index in [1.165, 1.54) is 13.8 Å². The van der Waals surface area contributed by atoms with Crippen LogP contribution in [0.15, 0.2) is 34.9 Å². The van der Waals surface area contributed by atoms with Gasteiger partial charge in [-0.05, 0) is 40.3 Å². The van der Waals surface area contributed by atoms with Gasteiger partial charge in [-0.25, -0.2) is 0 Å². The minimum absolute atomic E-state index is 0.261. The number of rotatable bonds is 9. The van der Waals surface area contributed by atoms with Crippen LogP contribution in [-0.4, -0.2) is 52.2 Å². The third kappa shape index (κ3) is 7.53. The van der Waals surface area contributed by atoms with Gasteiger partial charge in [0.25, 0.3) is 0 Å². The summed E-state index contributed by atoms with van der Waals surface area (Å²) in [5, 5.41) is 0. The van der Waals surface area contributed by atoms with Gasteiger partial charge < -0.3 is 23.9 Å². The monoisotopic (exact) mass is 542 g/mol. The molecule has 1 aromatic carbocycles. The van der Waals surface area contributed by atoms with E-state index >= 15 is 0 Å². The minimum Gasteiger partial charge on any atom is -0.462 e. The van der Waals surface area contributed by atoms with Crippen LogP contribution in [0.1, 0.15) is 39.5 Å². The number of carbonyl (C=O) groups excluding carboxylic acids is 4. The molecule has 0 aliphatic rings. The van der Waals surface area contributed by atoms with Crippen molar-refractivity contribution in [3.63, 3.8) is 0 Å². The van der Waals surface area contributed by atoms with Gasteiger partial charge in [-0.3, -0.25) is 23.7 Å². The maximum atomic E-state index is 11.9. The van der Waals surface area contributed by atoms with Crippen LogP contribution in [0.2, 0.25) is 0 Å². The van der Waals surface area contributed by atoms with Crippen LogP contribution < -0.4 is 0 Å². The number of benzene rings is 1. The van der Waals surface area contributed by atoms with E-state index in [1.54, 1.807) is 10.8 Å². The molecule has 0 aliphatic carbocycles. The lowest BCUT2D eigenvalue weighted by atomic mass is 10.0. The van der Waals surface area contributed by atoms with Gasteiger partial charge in [0.1, 0.15) is 6.61 Å². The van der Waals surface area contributed by atoms with Crippen LogP contribution in [-0.2, 0) is 38.1 Å². The van der Waals surface area contributed by atoms with Crippen LogP contribution in [0.3, 0.4) is 0 Å². The smallest absolute Gasteiger partial charge is 0.303 e. The fourth-order valence-corrected chi connectivity index (χ4v) is 3.75. The summed E-state index contributed by atoms with van der Waals surface area (Å²) in [5.41, 5.74) is 0.962. The number of H-pyrrole nitrogens is 1. The van der Waals surface area contributed by atoms with E-state index in [2.05, 4.69) is 20.9 Å². The van der Waals surface area contributed by atoms with Gasteiger partial charge in [-0.15, -0.1) is 0 Å². The third-order valence-corrected chi connectivity index (χ3v) is 5.15. The molecule has 1 N–H and O–H groups in total. The van der Waals surface area contributed by atoms with E-state index in [4.69, 9.17) is 31.2 Å². The highest BCUT2D eigenvalue weighted by Crippen LogP contribution is 2.29. The molecule has 0 unspecified atom stereocenters. The zero-order valence-corrected chi connectivity index (χ0v) is 20.7. The standard InChI is InChI=1S/C21H23BrN2O8S/c1-11(25)29-10-18(30-12(2)26)20(32-14(4)28)19(31-13(3)27)16-9-24(21(33)23-16)17-8-6-5-7-15(17)22/h5-9,18-20H,10H2,1-4H3,(H,23,33)/t18-,19-,20-/m1/s1. The van der Waals surface area contributed by atoms with Crippen molar-refractivity contribution in [2.75, 3.05) is 6.61 Å². The first-order valence-corrected chi connectivity index (χ1v) is 10.9. The fourth-order valence-electron chi connectivity index (χ4n) is 3.00. The van der Waals surface area contributed by atoms with Crippen LogP contribution in [0.25, 0.3) is 5.69 Å². The Morgan fingerprint density at radius 1 is 0.970 bits per heavy atom. The molecule has 0 bridgehead atoms. The summed E-state index contributed by atoms with van der Waals surface area (Å²) in [7, 11) is 0. The van der Waals surface area contributed by atoms with Crippen molar-refractivity contribution in [2.24, 2.45) is 0 Å². The van der Waals surface area contributed by atoms with Gasteiger partial charge in [-0.2, -0.15) is 0 Å². The molecule has 0 saturated heterocycles. The maximum absolute atomic E-state index is 11.9. The number of carbonyl (C=O) groups is 4. The molecule has 2 aromatic rings. The lowest BCUT2D eigenvalue weighted by molar-refractivity contribution is -0.190. The lowest BCUT2D eigenvalue weighted by Crippen LogP contribution is -2.43. The van der Waals surface area contributed by atoms with Gasteiger partial charge in [0, 0.05) is 38.4 Å². The number of hydrogen-bond donors (Lipinski definition) is 1. The Hall–Kier alpha value is -2.99. The fraction of sp³-hybridized carbons (Fsp3) is 0.381. The second kappa shape index (κ2) is 11.8. The number of nitrogens with one attached hydrogen (secondary N) is 1. The summed E-state index contributed by atoms with van der Waals surface area (Å²) in [5.74, 6) is -2.79. The number of imidazole rings is 1. The van der Waals surface area contributed by atoms with Crippen molar-refractivity contribution < 1.29 is 38.1 Å². The molecule has 0 aliphatic heterocycles. The summed E-state index contributed by atoms with van der Waals surface area (Å²) in [4.78, 5) is 49.8. The number of ether oxygens (including phenoxy) is 4. The number of hydrogen-bond acceptors (Lipinski definition) is 9. The molecule has 33 heavy (non-hydrogen) atoms. The van der Waals surface area contributed by atoms with Crippen molar-refractivity contribution >= 4 is 52.0 Å². The first kappa shape index (κ1) is 26.3.